The summed E-state index contributed by atoms with van der Waals surface area (Å²) in [4.78, 5) is 6.27. The lowest BCUT2D eigenvalue weighted by Crippen LogP contribution is -2.29. The quantitative estimate of drug-likeness (QED) is 0.834. The second-order valence-electron chi connectivity index (χ2n) is 5.56. The highest BCUT2D eigenvalue weighted by molar-refractivity contribution is 6.29. The van der Waals surface area contributed by atoms with Crippen molar-refractivity contribution in [3.63, 3.8) is 0 Å². The van der Waals surface area contributed by atoms with Crippen LogP contribution >= 0.6 is 11.6 Å². The zero-order chi connectivity index (χ0) is 15.5. The standard InChI is InChI=1S/C14H19ClF3N3/c1-10(9-21-4-2-3-5-21)8-19-13-7-11(14(16,17)18)6-12(15)20-13/h6-7,10H,2-5,8-9H2,1H3,(H,19,20). The second kappa shape index (κ2) is 6.83. The van der Waals surface area contributed by atoms with Crippen LogP contribution in [0.3, 0.4) is 0 Å². The van der Waals surface area contributed by atoms with Crippen molar-refractivity contribution in [2.24, 2.45) is 5.92 Å². The van der Waals surface area contributed by atoms with Crippen molar-refractivity contribution in [3.05, 3.63) is 22.8 Å². The molecule has 0 saturated carbocycles. The zero-order valence-electron chi connectivity index (χ0n) is 11.9. The van der Waals surface area contributed by atoms with Crippen LogP contribution in [0.15, 0.2) is 12.1 Å². The summed E-state index contributed by atoms with van der Waals surface area (Å²) in [6.45, 7) is 5.80. The smallest absolute Gasteiger partial charge is 0.370 e. The molecule has 0 spiro atoms. The number of nitrogens with zero attached hydrogens (tertiary/aromatic N) is 2. The maximum absolute atomic E-state index is 12.7. The Morgan fingerprint density at radius 2 is 2.00 bits per heavy atom. The third-order valence-electron chi connectivity index (χ3n) is 3.52. The molecule has 0 amide bonds. The van der Waals surface area contributed by atoms with Crippen LogP contribution < -0.4 is 5.32 Å². The van der Waals surface area contributed by atoms with Crippen LogP contribution in [0.2, 0.25) is 5.15 Å². The molecule has 2 heterocycles. The van der Waals surface area contributed by atoms with Crippen molar-refractivity contribution in [3.8, 4) is 0 Å². The topological polar surface area (TPSA) is 28.2 Å². The lowest BCUT2D eigenvalue weighted by molar-refractivity contribution is -0.137. The van der Waals surface area contributed by atoms with E-state index in [1.54, 1.807) is 0 Å². The minimum Gasteiger partial charge on any atom is -0.370 e. The van der Waals surface area contributed by atoms with Gasteiger partial charge in [0, 0.05) is 13.1 Å². The molecule has 1 aromatic rings. The fourth-order valence-electron chi connectivity index (χ4n) is 2.50. The van der Waals surface area contributed by atoms with Gasteiger partial charge in [-0.2, -0.15) is 13.2 Å². The van der Waals surface area contributed by atoms with Crippen molar-refractivity contribution in [2.75, 3.05) is 31.5 Å². The molecule has 1 aliphatic rings. The van der Waals surface area contributed by atoms with Crippen molar-refractivity contribution >= 4 is 17.4 Å². The number of alkyl halides is 3. The molecule has 1 aliphatic heterocycles. The van der Waals surface area contributed by atoms with Gasteiger partial charge in [0.15, 0.2) is 0 Å². The van der Waals surface area contributed by atoms with Crippen molar-refractivity contribution in [2.45, 2.75) is 25.9 Å². The summed E-state index contributed by atoms with van der Waals surface area (Å²) in [6, 6.07) is 1.83. The first-order chi connectivity index (χ1) is 9.84. The predicted octanol–water partition coefficient (Wildman–Crippen LogP) is 3.90. The lowest BCUT2D eigenvalue weighted by atomic mass is 10.1. The maximum atomic E-state index is 12.7. The summed E-state index contributed by atoms with van der Waals surface area (Å²) < 4.78 is 38.1. The Labute approximate surface area is 127 Å². The van der Waals surface area contributed by atoms with Crippen LogP contribution in [0.5, 0.6) is 0 Å². The van der Waals surface area contributed by atoms with Gasteiger partial charge in [-0.3, -0.25) is 0 Å². The monoisotopic (exact) mass is 321 g/mol. The van der Waals surface area contributed by atoms with E-state index in [1.807, 2.05) is 0 Å². The van der Waals surface area contributed by atoms with Crippen molar-refractivity contribution < 1.29 is 13.2 Å². The molecule has 1 atom stereocenters. The van der Waals surface area contributed by atoms with Gasteiger partial charge >= 0.3 is 6.18 Å². The summed E-state index contributed by atoms with van der Waals surface area (Å²) in [5.41, 5.74) is -0.780. The number of hydrogen-bond acceptors (Lipinski definition) is 3. The SMILES string of the molecule is CC(CNc1cc(C(F)(F)F)cc(Cl)n1)CN1CCCC1. The van der Waals surface area contributed by atoms with Gasteiger partial charge in [0.05, 0.1) is 5.56 Å². The largest absolute Gasteiger partial charge is 0.416 e. The number of hydrogen-bond donors (Lipinski definition) is 1. The average Bonchev–Trinajstić information content (AvgIpc) is 2.87. The van der Waals surface area contributed by atoms with E-state index in [2.05, 4.69) is 22.1 Å². The molecule has 2 rings (SSSR count). The lowest BCUT2D eigenvalue weighted by Gasteiger charge is -2.21. The van der Waals surface area contributed by atoms with Gasteiger partial charge in [-0.15, -0.1) is 0 Å². The normalized spacial score (nSPS) is 18.0. The summed E-state index contributed by atoms with van der Waals surface area (Å²) in [5.74, 6) is 0.501. The molecule has 1 unspecified atom stereocenters. The molecule has 3 nitrogen and oxygen atoms in total. The second-order valence-corrected chi connectivity index (χ2v) is 5.94. The number of halogens is 4. The molecule has 1 aromatic heterocycles. The molecule has 118 valence electrons. The maximum Gasteiger partial charge on any atom is 0.416 e. The van der Waals surface area contributed by atoms with Crippen LogP contribution in [0, 0.1) is 5.92 Å². The highest BCUT2D eigenvalue weighted by atomic mass is 35.5. The van der Waals surface area contributed by atoms with E-state index in [0.29, 0.717) is 12.5 Å². The van der Waals surface area contributed by atoms with E-state index in [0.717, 1.165) is 31.8 Å². The molecule has 21 heavy (non-hydrogen) atoms. The fraction of sp³-hybridized carbons (Fsp3) is 0.643. The number of anilines is 1. The molecule has 0 aromatic carbocycles. The number of likely N-dealkylation sites (tertiary alicyclic amines) is 1. The Hall–Kier alpha value is -1.01. The van der Waals surface area contributed by atoms with E-state index in [4.69, 9.17) is 11.6 Å². The van der Waals surface area contributed by atoms with Crippen LogP contribution in [-0.4, -0.2) is 36.1 Å². The van der Waals surface area contributed by atoms with Crippen molar-refractivity contribution in [1.82, 2.24) is 9.88 Å². The molecular formula is C14H19ClF3N3. The Balaban J connectivity index is 1.91. The number of rotatable bonds is 5. The third kappa shape index (κ3) is 5.04. The van der Waals surface area contributed by atoms with E-state index < -0.39 is 11.7 Å². The molecule has 7 heteroatoms. The van der Waals surface area contributed by atoms with E-state index in [-0.39, 0.29) is 11.0 Å². The Morgan fingerprint density at radius 1 is 1.33 bits per heavy atom. The van der Waals surface area contributed by atoms with Crippen LogP contribution in [-0.2, 0) is 6.18 Å². The summed E-state index contributed by atoms with van der Waals surface area (Å²) in [7, 11) is 0. The molecule has 1 N–H and O–H groups in total. The van der Waals surface area contributed by atoms with Crippen LogP contribution in [0.4, 0.5) is 19.0 Å². The number of aromatic nitrogens is 1. The van der Waals surface area contributed by atoms with Crippen LogP contribution in [0.1, 0.15) is 25.3 Å². The average molecular weight is 322 g/mol. The zero-order valence-corrected chi connectivity index (χ0v) is 12.6. The summed E-state index contributed by atoms with van der Waals surface area (Å²) in [6.07, 6.45) is -1.96. The third-order valence-corrected chi connectivity index (χ3v) is 3.72. The van der Waals surface area contributed by atoms with E-state index in [1.165, 1.54) is 12.8 Å². The van der Waals surface area contributed by atoms with Gasteiger partial charge in [0.1, 0.15) is 11.0 Å². The molecule has 0 bridgehead atoms. The minimum absolute atomic E-state index is 0.153. The molecule has 1 fully saturated rings. The van der Waals surface area contributed by atoms with Gasteiger partial charge in [0.25, 0.3) is 0 Å². The molecule has 0 radical (unpaired) electrons. The van der Waals surface area contributed by atoms with E-state index in [9.17, 15) is 13.2 Å². The van der Waals surface area contributed by atoms with Gasteiger partial charge in [-0.05, 0) is 44.0 Å². The van der Waals surface area contributed by atoms with E-state index >= 15 is 0 Å². The van der Waals surface area contributed by atoms with Crippen molar-refractivity contribution in [1.29, 1.82) is 0 Å². The Morgan fingerprint density at radius 3 is 2.62 bits per heavy atom. The molecular weight excluding hydrogens is 303 g/mol. The summed E-state index contributed by atoms with van der Waals surface area (Å²) >= 11 is 5.65. The highest BCUT2D eigenvalue weighted by Gasteiger charge is 2.31. The Kier molecular flexibility index (Phi) is 5.32. The first kappa shape index (κ1) is 16.4. The van der Waals surface area contributed by atoms with Gasteiger partial charge < -0.3 is 10.2 Å². The minimum atomic E-state index is -4.41. The predicted molar refractivity (Wildman–Crippen MR) is 77.6 cm³/mol. The number of nitrogens with one attached hydrogen (secondary N) is 1. The molecule has 0 aliphatic carbocycles. The van der Waals surface area contributed by atoms with Gasteiger partial charge in [0.2, 0.25) is 0 Å². The first-order valence-corrected chi connectivity index (χ1v) is 7.43. The number of pyridine rings is 1. The van der Waals surface area contributed by atoms with Gasteiger partial charge in [-0.25, -0.2) is 4.98 Å². The van der Waals surface area contributed by atoms with Gasteiger partial charge in [-0.1, -0.05) is 18.5 Å². The first-order valence-electron chi connectivity index (χ1n) is 7.05. The Bertz CT molecular complexity index is 473. The summed E-state index contributed by atoms with van der Waals surface area (Å²) in [5, 5.41) is 2.80. The van der Waals surface area contributed by atoms with Crippen LogP contribution in [0.25, 0.3) is 0 Å². The fourth-order valence-corrected chi connectivity index (χ4v) is 2.71. The highest BCUT2D eigenvalue weighted by Crippen LogP contribution is 2.31. The molecule has 1 saturated heterocycles.